The van der Waals surface area contributed by atoms with Crippen molar-refractivity contribution in [1.29, 1.82) is 0 Å². The number of furan rings is 1. The third-order valence-corrected chi connectivity index (χ3v) is 11.8. The molecule has 0 spiro atoms. The fourth-order valence-electron chi connectivity index (χ4n) is 8.48. The second-order valence-corrected chi connectivity index (χ2v) is 18.6. The van der Waals surface area contributed by atoms with E-state index in [0.29, 0.717) is 0 Å². The Labute approximate surface area is 326 Å². The molecule has 0 aliphatic carbocycles. The maximum atomic E-state index is 6.66. The van der Waals surface area contributed by atoms with Crippen molar-refractivity contribution in [3.63, 3.8) is 0 Å². The Morgan fingerprint density at radius 2 is 0.691 bits per heavy atom. The number of para-hydroxylation sites is 1. The Morgan fingerprint density at radius 1 is 0.345 bits per heavy atom. The number of fused-ring (bicyclic) bond motifs is 1. The monoisotopic (exact) mass is 714 g/mol. The standard InChI is InChI=1S/C54H50O/c1-52(2,3)37-20-14-33(15-21-37)44-31-45(34-16-22-38(23-17-34)53(4,5)6)41-28-29-43-47(49-30-36-12-10-11-13-48(36)55-49)32-46(42-27-26-40(44)50(41)51(42)43)35-18-24-39(25-19-35)54(7,8)9/h10-32H,1-9H3. The van der Waals surface area contributed by atoms with Crippen LogP contribution >= 0.6 is 0 Å². The summed E-state index contributed by atoms with van der Waals surface area (Å²) < 4.78 is 6.66. The van der Waals surface area contributed by atoms with Gasteiger partial charge in [0.25, 0.3) is 0 Å². The average Bonchev–Trinajstić information content (AvgIpc) is 3.60. The van der Waals surface area contributed by atoms with Gasteiger partial charge in [0.2, 0.25) is 0 Å². The number of hydrogen-bond donors (Lipinski definition) is 0. The minimum atomic E-state index is 0.0730. The van der Waals surface area contributed by atoms with Crippen LogP contribution in [0.1, 0.15) is 79.0 Å². The molecule has 0 saturated carbocycles. The number of rotatable bonds is 4. The van der Waals surface area contributed by atoms with E-state index in [1.165, 1.54) is 82.4 Å². The van der Waals surface area contributed by atoms with E-state index < -0.39 is 0 Å². The van der Waals surface area contributed by atoms with Gasteiger partial charge >= 0.3 is 0 Å². The van der Waals surface area contributed by atoms with Crippen molar-refractivity contribution in [2.24, 2.45) is 0 Å². The lowest BCUT2D eigenvalue weighted by atomic mass is 9.81. The average molecular weight is 715 g/mol. The van der Waals surface area contributed by atoms with E-state index in [2.05, 4.69) is 196 Å². The molecule has 0 N–H and O–H groups in total. The highest BCUT2D eigenvalue weighted by Gasteiger charge is 2.23. The predicted octanol–water partition coefficient (Wildman–Crippen LogP) is 15.9. The Kier molecular flexibility index (Phi) is 7.93. The number of hydrogen-bond acceptors (Lipinski definition) is 1. The van der Waals surface area contributed by atoms with Gasteiger partial charge in [0.15, 0.2) is 0 Å². The zero-order valence-corrected chi connectivity index (χ0v) is 33.7. The van der Waals surface area contributed by atoms with Crippen molar-refractivity contribution in [2.45, 2.75) is 78.6 Å². The van der Waals surface area contributed by atoms with Gasteiger partial charge in [0, 0.05) is 10.9 Å². The van der Waals surface area contributed by atoms with Crippen LogP contribution in [0.5, 0.6) is 0 Å². The minimum Gasteiger partial charge on any atom is -0.456 e. The van der Waals surface area contributed by atoms with Crippen LogP contribution in [0, 0.1) is 0 Å². The van der Waals surface area contributed by atoms with E-state index >= 15 is 0 Å². The van der Waals surface area contributed by atoms with E-state index in [4.69, 9.17) is 4.42 Å². The van der Waals surface area contributed by atoms with Crippen LogP contribution < -0.4 is 0 Å². The summed E-state index contributed by atoms with van der Waals surface area (Å²) >= 11 is 0. The molecule has 9 aromatic rings. The first-order chi connectivity index (χ1) is 26.1. The lowest BCUT2D eigenvalue weighted by Gasteiger charge is -2.23. The molecule has 0 saturated heterocycles. The second-order valence-electron chi connectivity index (χ2n) is 18.6. The molecule has 1 heteroatoms. The van der Waals surface area contributed by atoms with Gasteiger partial charge in [-0.05, 0) is 123 Å². The zero-order valence-electron chi connectivity index (χ0n) is 33.7. The molecule has 8 aromatic carbocycles. The van der Waals surface area contributed by atoms with Crippen LogP contribution in [0.2, 0.25) is 0 Å². The SMILES string of the molecule is CC(C)(C)c1ccc(-c2cc(-c3ccc(C(C)(C)C)cc3)c3ccc4c(-c5cc6ccccc6o5)cc(-c5ccc(C(C)(C)C)cc5)c5ccc2c3c54)cc1. The lowest BCUT2D eigenvalue weighted by molar-refractivity contribution is 0.590. The minimum absolute atomic E-state index is 0.0730. The van der Waals surface area contributed by atoms with E-state index in [1.54, 1.807) is 0 Å². The molecule has 0 amide bonds. The van der Waals surface area contributed by atoms with Gasteiger partial charge in [-0.25, -0.2) is 0 Å². The van der Waals surface area contributed by atoms with Crippen molar-refractivity contribution in [3.8, 4) is 44.7 Å². The van der Waals surface area contributed by atoms with Gasteiger partial charge in [0.1, 0.15) is 11.3 Å². The highest BCUT2D eigenvalue weighted by molar-refractivity contribution is 6.31. The Balaban J connectivity index is 1.40. The summed E-state index contributed by atoms with van der Waals surface area (Å²) in [5.74, 6) is 0.891. The summed E-state index contributed by atoms with van der Waals surface area (Å²) in [5.41, 5.74) is 13.6. The van der Waals surface area contributed by atoms with Crippen molar-refractivity contribution >= 4 is 43.3 Å². The van der Waals surface area contributed by atoms with Gasteiger partial charge in [-0.1, -0.05) is 178 Å². The summed E-state index contributed by atoms with van der Waals surface area (Å²) in [6, 6.07) is 52.5. The molecule has 55 heavy (non-hydrogen) atoms. The smallest absolute Gasteiger partial charge is 0.136 e. The van der Waals surface area contributed by atoms with Gasteiger partial charge in [-0.3, -0.25) is 0 Å². The molecule has 1 nitrogen and oxygen atoms in total. The van der Waals surface area contributed by atoms with Gasteiger partial charge in [-0.2, -0.15) is 0 Å². The van der Waals surface area contributed by atoms with E-state index in [0.717, 1.165) is 22.3 Å². The van der Waals surface area contributed by atoms with Crippen LogP contribution in [0.15, 0.2) is 144 Å². The molecule has 0 atom stereocenters. The fourth-order valence-corrected chi connectivity index (χ4v) is 8.48. The Hall–Kier alpha value is -5.66. The summed E-state index contributed by atoms with van der Waals surface area (Å²) in [6.07, 6.45) is 0. The van der Waals surface area contributed by atoms with Gasteiger partial charge in [0.05, 0.1) is 0 Å². The molecule has 0 bridgehead atoms. The summed E-state index contributed by atoms with van der Waals surface area (Å²) in [6.45, 7) is 20.5. The van der Waals surface area contributed by atoms with Crippen molar-refractivity contribution in [3.05, 3.63) is 156 Å². The highest BCUT2D eigenvalue weighted by Crippen LogP contribution is 2.49. The van der Waals surface area contributed by atoms with Crippen LogP contribution in [0.4, 0.5) is 0 Å². The molecule has 272 valence electrons. The third kappa shape index (κ3) is 6.02. The third-order valence-electron chi connectivity index (χ3n) is 11.8. The van der Waals surface area contributed by atoms with Gasteiger partial charge < -0.3 is 4.42 Å². The second kappa shape index (κ2) is 12.4. The van der Waals surface area contributed by atoms with Crippen molar-refractivity contribution in [2.75, 3.05) is 0 Å². The fraction of sp³-hybridized carbons (Fsp3) is 0.222. The van der Waals surface area contributed by atoms with Crippen molar-refractivity contribution < 1.29 is 4.42 Å². The Bertz CT molecular complexity index is 2750. The number of benzene rings is 8. The zero-order chi connectivity index (χ0) is 38.4. The van der Waals surface area contributed by atoms with Crippen LogP contribution in [-0.2, 0) is 16.2 Å². The molecule has 0 fully saturated rings. The molecule has 9 rings (SSSR count). The highest BCUT2D eigenvalue weighted by atomic mass is 16.3. The topological polar surface area (TPSA) is 13.1 Å². The van der Waals surface area contributed by atoms with E-state index in [1.807, 2.05) is 6.07 Å². The van der Waals surface area contributed by atoms with Gasteiger partial charge in [-0.15, -0.1) is 0 Å². The first-order valence-corrected chi connectivity index (χ1v) is 19.8. The molecular formula is C54H50O. The first kappa shape index (κ1) is 35.1. The first-order valence-electron chi connectivity index (χ1n) is 19.8. The molecular weight excluding hydrogens is 665 g/mol. The van der Waals surface area contributed by atoms with E-state index in [-0.39, 0.29) is 16.2 Å². The molecule has 0 aliphatic heterocycles. The summed E-state index contributed by atoms with van der Waals surface area (Å²) in [4.78, 5) is 0. The molecule has 1 aromatic heterocycles. The normalized spacial score (nSPS) is 12.8. The predicted molar refractivity (Wildman–Crippen MR) is 238 cm³/mol. The molecule has 0 unspecified atom stereocenters. The van der Waals surface area contributed by atoms with Crippen LogP contribution in [0.25, 0.3) is 88.0 Å². The lowest BCUT2D eigenvalue weighted by Crippen LogP contribution is -2.10. The largest absolute Gasteiger partial charge is 0.456 e. The van der Waals surface area contributed by atoms with Crippen molar-refractivity contribution in [1.82, 2.24) is 0 Å². The van der Waals surface area contributed by atoms with Crippen LogP contribution in [0.3, 0.4) is 0 Å². The summed E-state index contributed by atoms with van der Waals surface area (Å²) in [5, 5.41) is 8.68. The molecule has 0 radical (unpaired) electrons. The Morgan fingerprint density at radius 3 is 1.05 bits per heavy atom. The quantitative estimate of drug-likeness (QED) is 0.165. The maximum Gasteiger partial charge on any atom is 0.136 e. The van der Waals surface area contributed by atoms with E-state index in [9.17, 15) is 0 Å². The molecule has 0 aliphatic rings. The van der Waals surface area contributed by atoms with Crippen LogP contribution in [-0.4, -0.2) is 0 Å². The maximum absolute atomic E-state index is 6.66. The summed E-state index contributed by atoms with van der Waals surface area (Å²) in [7, 11) is 0. The molecule has 1 heterocycles.